The average Bonchev–Trinajstić information content (AvgIpc) is 3.16. The Kier molecular flexibility index (Phi) is 6.31. The number of H-pyrrole nitrogens is 1. The summed E-state index contributed by atoms with van der Waals surface area (Å²) in [6.45, 7) is 5.31. The highest BCUT2D eigenvalue weighted by Gasteiger charge is 2.22. The van der Waals surface area contributed by atoms with Crippen LogP contribution in [0.1, 0.15) is 35.6 Å². The fourth-order valence-corrected chi connectivity index (χ4v) is 3.15. The highest BCUT2D eigenvalue weighted by molar-refractivity contribution is 5.90. The maximum Gasteiger partial charge on any atom is 0.266 e. The van der Waals surface area contributed by atoms with Crippen molar-refractivity contribution in [2.75, 3.05) is 37.8 Å². The van der Waals surface area contributed by atoms with Crippen molar-refractivity contribution in [1.82, 2.24) is 9.97 Å². The number of morpholine rings is 1. The van der Waals surface area contributed by atoms with Crippen LogP contribution in [0.15, 0.2) is 30.5 Å². The van der Waals surface area contributed by atoms with E-state index >= 15 is 0 Å². The van der Waals surface area contributed by atoms with Gasteiger partial charge in [0.15, 0.2) is 0 Å². The van der Waals surface area contributed by atoms with Crippen LogP contribution in [-0.4, -0.2) is 60.0 Å². The van der Waals surface area contributed by atoms with Crippen molar-refractivity contribution in [1.29, 1.82) is 0 Å². The van der Waals surface area contributed by atoms with Crippen LogP contribution < -0.4 is 15.4 Å². The van der Waals surface area contributed by atoms with E-state index in [0.717, 1.165) is 37.7 Å². The van der Waals surface area contributed by atoms with Crippen LogP contribution in [0.5, 0.6) is 5.75 Å². The van der Waals surface area contributed by atoms with Crippen LogP contribution in [0, 0.1) is 0 Å². The van der Waals surface area contributed by atoms with Crippen molar-refractivity contribution in [2.24, 2.45) is 5.73 Å². The first-order valence-corrected chi connectivity index (χ1v) is 9.13. The van der Waals surface area contributed by atoms with Crippen LogP contribution in [0.3, 0.4) is 0 Å². The van der Waals surface area contributed by atoms with Gasteiger partial charge in [-0.3, -0.25) is 4.79 Å². The van der Waals surface area contributed by atoms with E-state index in [9.17, 15) is 9.90 Å². The summed E-state index contributed by atoms with van der Waals surface area (Å²) in [6.07, 6.45) is 1.30. The number of hydrogen-bond donors (Lipinski definition) is 3. The Bertz CT molecular complexity index is 756. The van der Waals surface area contributed by atoms with Crippen LogP contribution >= 0.6 is 0 Å². The van der Waals surface area contributed by atoms with E-state index in [1.165, 1.54) is 6.20 Å². The molecular weight excluding hydrogens is 348 g/mol. The summed E-state index contributed by atoms with van der Waals surface area (Å²) in [5.41, 5.74) is 6.59. The third-order valence-electron chi connectivity index (χ3n) is 4.69. The number of aliphatic hydroxyl groups excluding tert-OH is 1. The lowest BCUT2D eigenvalue weighted by Gasteiger charge is -2.29. The van der Waals surface area contributed by atoms with Gasteiger partial charge in [0.25, 0.3) is 5.91 Å². The summed E-state index contributed by atoms with van der Waals surface area (Å²) >= 11 is 0. The number of carbonyl (C=O) groups excluding carboxylic acids is 1. The van der Waals surface area contributed by atoms with Crippen molar-refractivity contribution >= 4 is 11.6 Å². The molecule has 1 aliphatic rings. The first-order valence-electron chi connectivity index (χ1n) is 9.13. The molecule has 146 valence electrons. The second-order valence-corrected chi connectivity index (χ2v) is 6.63. The van der Waals surface area contributed by atoms with Gasteiger partial charge in [0, 0.05) is 30.8 Å². The van der Waals surface area contributed by atoms with Gasteiger partial charge in [0.05, 0.1) is 32.1 Å². The second kappa shape index (κ2) is 8.88. The van der Waals surface area contributed by atoms with Crippen LogP contribution in [-0.2, 0) is 4.74 Å². The topological polar surface area (TPSA) is 114 Å². The summed E-state index contributed by atoms with van der Waals surface area (Å²) < 4.78 is 11.3. The van der Waals surface area contributed by atoms with Gasteiger partial charge in [-0.05, 0) is 25.5 Å². The zero-order chi connectivity index (χ0) is 19.2. The molecule has 1 fully saturated rings. The molecule has 0 aliphatic carbocycles. The summed E-state index contributed by atoms with van der Waals surface area (Å²) in [6, 6.07) is 7.96. The third kappa shape index (κ3) is 4.99. The molecule has 2 heterocycles. The predicted octanol–water partition coefficient (Wildman–Crippen LogP) is 1.28. The predicted molar refractivity (Wildman–Crippen MR) is 101 cm³/mol. The summed E-state index contributed by atoms with van der Waals surface area (Å²) in [5, 5.41) is 10.1. The summed E-state index contributed by atoms with van der Waals surface area (Å²) in [7, 11) is 0. The molecule has 8 nitrogen and oxygen atoms in total. The van der Waals surface area contributed by atoms with Gasteiger partial charge >= 0.3 is 0 Å². The minimum absolute atomic E-state index is 0.231. The SMILES string of the molecule is C[C@H](O)[C@H](CCOc1cccc(N2CCOCC2)c1)c1ncc(C(N)=O)[nH]1. The van der Waals surface area contributed by atoms with Crippen molar-refractivity contribution in [2.45, 2.75) is 25.4 Å². The molecule has 3 rings (SSSR count). The third-order valence-corrected chi connectivity index (χ3v) is 4.69. The van der Waals surface area contributed by atoms with Crippen molar-refractivity contribution < 1.29 is 19.4 Å². The molecule has 8 heteroatoms. The maximum absolute atomic E-state index is 11.2. The maximum atomic E-state index is 11.2. The van der Waals surface area contributed by atoms with E-state index in [1.54, 1.807) is 6.92 Å². The van der Waals surface area contributed by atoms with Crippen LogP contribution in [0.2, 0.25) is 0 Å². The number of carbonyl (C=O) groups is 1. The Morgan fingerprint density at radius 3 is 2.89 bits per heavy atom. The lowest BCUT2D eigenvalue weighted by atomic mass is 9.99. The molecule has 0 bridgehead atoms. The lowest BCUT2D eigenvalue weighted by Crippen LogP contribution is -2.36. The minimum atomic E-state index is -0.639. The number of hydrogen-bond acceptors (Lipinski definition) is 6. The smallest absolute Gasteiger partial charge is 0.266 e. The molecule has 0 radical (unpaired) electrons. The van der Waals surface area contributed by atoms with Gasteiger partial charge in [0.1, 0.15) is 17.3 Å². The fourth-order valence-electron chi connectivity index (χ4n) is 3.15. The first-order chi connectivity index (χ1) is 13.0. The molecule has 27 heavy (non-hydrogen) atoms. The molecule has 0 saturated carbocycles. The highest BCUT2D eigenvalue weighted by atomic mass is 16.5. The van der Waals surface area contributed by atoms with Gasteiger partial charge in [0.2, 0.25) is 0 Å². The zero-order valence-corrected chi connectivity index (χ0v) is 15.4. The Labute approximate surface area is 158 Å². The number of ether oxygens (including phenoxy) is 2. The molecule has 2 atom stereocenters. The zero-order valence-electron chi connectivity index (χ0n) is 15.4. The molecule has 2 aromatic rings. The fraction of sp³-hybridized carbons (Fsp3) is 0.474. The van der Waals surface area contributed by atoms with Gasteiger partial charge in [-0.2, -0.15) is 0 Å². The molecule has 0 spiro atoms. The Hall–Kier alpha value is -2.58. The molecule has 1 aliphatic heterocycles. The molecular formula is C19H26N4O4. The number of rotatable bonds is 8. The number of nitrogens with one attached hydrogen (secondary N) is 1. The Morgan fingerprint density at radius 2 is 2.22 bits per heavy atom. The molecule has 1 aromatic heterocycles. The number of benzene rings is 1. The number of nitrogens with two attached hydrogens (primary N) is 1. The minimum Gasteiger partial charge on any atom is -0.493 e. The monoisotopic (exact) mass is 374 g/mol. The molecule has 4 N–H and O–H groups in total. The van der Waals surface area contributed by atoms with E-state index < -0.39 is 12.0 Å². The van der Waals surface area contributed by atoms with E-state index in [1.807, 2.05) is 18.2 Å². The average molecular weight is 374 g/mol. The van der Waals surface area contributed by atoms with Gasteiger partial charge in [-0.15, -0.1) is 0 Å². The van der Waals surface area contributed by atoms with Gasteiger partial charge < -0.3 is 30.2 Å². The quantitative estimate of drug-likeness (QED) is 0.641. The lowest BCUT2D eigenvalue weighted by molar-refractivity contribution is 0.0995. The number of aromatic nitrogens is 2. The van der Waals surface area contributed by atoms with E-state index in [2.05, 4.69) is 20.9 Å². The Balaban J connectivity index is 1.59. The summed E-state index contributed by atoms with van der Waals surface area (Å²) in [4.78, 5) is 20.5. The standard InChI is InChI=1S/C19H26N4O4/c1-13(24)16(19-21-12-17(22-19)18(20)25)5-8-27-15-4-2-3-14(11-15)23-6-9-26-10-7-23/h2-4,11-13,16,24H,5-10H2,1H3,(H2,20,25)(H,21,22)/t13-,16-/m0/s1. The van der Waals surface area contributed by atoms with E-state index in [4.69, 9.17) is 15.2 Å². The summed E-state index contributed by atoms with van der Waals surface area (Å²) in [5.74, 6) is 0.458. The number of aromatic amines is 1. The van der Waals surface area contributed by atoms with Gasteiger partial charge in [-0.1, -0.05) is 6.07 Å². The number of aliphatic hydroxyl groups is 1. The molecule has 1 aromatic carbocycles. The molecule has 0 unspecified atom stereocenters. The molecule has 1 amide bonds. The highest BCUT2D eigenvalue weighted by Crippen LogP contribution is 2.24. The van der Waals surface area contributed by atoms with Crippen molar-refractivity contribution in [3.05, 3.63) is 42.0 Å². The van der Waals surface area contributed by atoms with Crippen LogP contribution in [0.4, 0.5) is 5.69 Å². The van der Waals surface area contributed by atoms with Crippen LogP contribution in [0.25, 0.3) is 0 Å². The number of primary amides is 1. The largest absolute Gasteiger partial charge is 0.493 e. The number of anilines is 1. The Morgan fingerprint density at radius 1 is 1.44 bits per heavy atom. The first kappa shape index (κ1) is 19.2. The van der Waals surface area contributed by atoms with E-state index in [-0.39, 0.29) is 11.6 Å². The van der Waals surface area contributed by atoms with Crippen molar-refractivity contribution in [3.8, 4) is 5.75 Å². The number of amides is 1. The van der Waals surface area contributed by atoms with Gasteiger partial charge in [-0.25, -0.2) is 4.98 Å². The molecule has 1 saturated heterocycles. The van der Waals surface area contributed by atoms with E-state index in [0.29, 0.717) is 18.9 Å². The normalized spacial score (nSPS) is 16.7. The second-order valence-electron chi connectivity index (χ2n) is 6.63. The van der Waals surface area contributed by atoms with Crippen molar-refractivity contribution in [3.63, 3.8) is 0 Å². The number of imidazole rings is 1. The number of nitrogens with zero attached hydrogens (tertiary/aromatic N) is 2.